The van der Waals surface area contributed by atoms with Crippen LogP contribution < -0.4 is 16.4 Å². The lowest BCUT2D eigenvalue weighted by Gasteiger charge is -2.32. The second kappa shape index (κ2) is 10.8. The zero-order valence-corrected chi connectivity index (χ0v) is 22.7. The number of hydrogen-bond donors (Lipinski definition) is 3. The largest absolute Gasteiger partial charge is 0.397 e. The first-order chi connectivity index (χ1) is 19.5. The third-order valence-corrected chi connectivity index (χ3v) is 7.84. The Kier molecular flexibility index (Phi) is 6.89. The number of amides is 2. The maximum atomic E-state index is 13.4. The summed E-state index contributed by atoms with van der Waals surface area (Å²) in [6.45, 7) is 3.11. The van der Waals surface area contributed by atoms with Crippen molar-refractivity contribution in [3.05, 3.63) is 90.4 Å². The molecule has 0 aliphatic carbocycles. The van der Waals surface area contributed by atoms with E-state index in [1.165, 1.54) is 11.3 Å². The molecule has 0 spiro atoms. The fraction of sp³-hybridized carbons (Fsp3) is 0.172. The van der Waals surface area contributed by atoms with Crippen molar-refractivity contribution in [1.82, 2.24) is 24.2 Å². The maximum absolute atomic E-state index is 13.4. The molecule has 10 nitrogen and oxygen atoms in total. The minimum absolute atomic E-state index is 0.000101. The van der Waals surface area contributed by atoms with Gasteiger partial charge >= 0.3 is 0 Å². The number of benzene rings is 2. The average Bonchev–Trinajstić information content (AvgIpc) is 3.61. The summed E-state index contributed by atoms with van der Waals surface area (Å²) in [6, 6.07) is 19.9. The normalized spacial score (nSPS) is 13.9. The molecule has 2 aromatic carbocycles. The van der Waals surface area contributed by atoms with Crippen LogP contribution in [0.15, 0.2) is 79.1 Å². The minimum Gasteiger partial charge on any atom is -0.397 e. The second-order valence-electron chi connectivity index (χ2n) is 9.62. The Balaban J connectivity index is 1.19. The van der Waals surface area contributed by atoms with Crippen LogP contribution in [0.4, 0.5) is 22.2 Å². The topological polar surface area (TPSA) is 121 Å². The van der Waals surface area contributed by atoms with Crippen molar-refractivity contribution in [2.24, 2.45) is 0 Å². The molecule has 1 saturated heterocycles. The molecule has 4 N–H and O–H groups in total. The number of piperazine rings is 1. The van der Waals surface area contributed by atoms with Crippen molar-refractivity contribution in [2.75, 3.05) is 49.6 Å². The van der Waals surface area contributed by atoms with Crippen LogP contribution in [0.25, 0.3) is 16.2 Å². The van der Waals surface area contributed by atoms with Crippen molar-refractivity contribution >= 4 is 51.0 Å². The van der Waals surface area contributed by atoms with Crippen LogP contribution in [-0.4, -0.2) is 69.2 Å². The second-order valence-corrected chi connectivity index (χ2v) is 10.6. The van der Waals surface area contributed by atoms with Crippen LogP contribution >= 0.6 is 11.3 Å². The Labute approximate surface area is 235 Å². The molecule has 40 heavy (non-hydrogen) atoms. The summed E-state index contributed by atoms with van der Waals surface area (Å²) in [5.74, 6) is -0.240. The zero-order valence-electron chi connectivity index (χ0n) is 21.9. The third kappa shape index (κ3) is 5.12. The van der Waals surface area contributed by atoms with Crippen LogP contribution in [0, 0.1) is 0 Å². The summed E-state index contributed by atoms with van der Waals surface area (Å²) in [7, 11) is 2.07. The number of para-hydroxylation sites is 2. The molecule has 0 radical (unpaired) electrons. The first kappa shape index (κ1) is 25.5. The molecule has 11 heteroatoms. The quantitative estimate of drug-likeness (QED) is 0.267. The predicted octanol–water partition coefficient (Wildman–Crippen LogP) is 4.42. The van der Waals surface area contributed by atoms with Gasteiger partial charge in [0.25, 0.3) is 11.8 Å². The van der Waals surface area contributed by atoms with Gasteiger partial charge in [-0.1, -0.05) is 29.5 Å². The molecule has 2 amide bonds. The summed E-state index contributed by atoms with van der Waals surface area (Å²) in [6.07, 6.45) is 3.56. The number of aromatic nitrogens is 3. The molecule has 1 aliphatic heterocycles. The van der Waals surface area contributed by atoms with E-state index in [2.05, 4.69) is 32.5 Å². The first-order valence-corrected chi connectivity index (χ1v) is 13.7. The summed E-state index contributed by atoms with van der Waals surface area (Å²) >= 11 is 1.46. The van der Waals surface area contributed by atoms with Crippen molar-refractivity contribution < 1.29 is 9.59 Å². The standard InChI is InChI=1S/C29H28N8O2S/c1-35-13-15-36(16-14-35)28(39)23-7-4-8-26-31-17-24(37(23)26)25-18-32-29(40-25)33-20-11-9-19(10-12-20)27(38)34-22-6-3-2-5-21(22)30/h2-12,17-18H,13-16,30H2,1H3,(H,32,33)(H,34,38). The van der Waals surface area contributed by atoms with E-state index < -0.39 is 0 Å². The summed E-state index contributed by atoms with van der Waals surface area (Å²) < 4.78 is 1.91. The van der Waals surface area contributed by atoms with Gasteiger partial charge in [-0.2, -0.15) is 0 Å². The molecular formula is C29H28N8O2S. The lowest BCUT2D eigenvalue weighted by molar-refractivity contribution is 0.0656. The number of fused-ring (bicyclic) bond motifs is 1. The van der Waals surface area contributed by atoms with Gasteiger partial charge in [0.15, 0.2) is 5.13 Å². The van der Waals surface area contributed by atoms with Gasteiger partial charge in [0.05, 0.1) is 28.1 Å². The minimum atomic E-state index is -0.240. The molecule has 0 saturated carbocycles. The Morgan fingerprint density at radius 2 is 1.68 bits per heavy atom. The molecule has 0 atom stereocenters. The van der Waals surface area contributed by atoms with E-state index in [1.807, 2.05) is 51.8 Å². The highest BCUT2D eigenvalue weighted by Gasteiger charge is 2.24. The van der Waals surface area contributed by atoms with Crippen LogP contribution in [0.5, 0.6) is 0 Å². The number of anilines is 4. The fourth-order valence-electron chi connectivity index (χ4n) is 4.63. The van der Waals surface area contributed by atoms with Crippen molar-refractivity contribution in [3.8, 4) is 10.6 Å². The highest BCUT2D eigenvalue weighted by Crippen LogP contribution is 2.32. The van der Waals surface area contributed by atoms with Crippen LogP contribution in [0.1, 0.15) is 20.8 Å². The number of nitrogen functional groups attached to an aromatic ring is 1. The molecule has 1 aliphatic rings. The Morgan fingerprint density at radius 1 is 0.900 bits per heavy atom. The molecule has 3 aromatic heterocycles. The number of hydrogen-bond acceptors (Lipinski definition) is 8. The van der Waals surface area contributed by atoms with E-state index in [0.29, 0.717) is 46.5 Å². The van der Waals surface area contributed by atoms with Gasteiger partial charge in [-0.25, -0.2) is 9.97 Å². The number of imidazole rings is 1. The van der Waals surface area contributed by atoms with Gasteiger partial charge < -0.3 is 26.2 Å². The summed E-state index contributed by atoms with van der Waals surface area (Å²) in [5, 5.41) is 6.81. The predicted molar refractivity (Wildman–Crippen MR) is 158 cm³/mol. The molecule has 6 rings (SSSR count). The number of carbonyl (C=O) groups is 2. The molecule has 202 valence electrons. The van der Waals surface area contributed by atoms with Gasteiger partial charge in [0, 0.05) is 43.6 Å². The van der Waals surface area contributed by atoms with E-state index in [4.69, 9.17) is 5.73 Å². The van der Waals surface area contributed by atoms with Gasteiger partial charge in [0.1, 0.15) is 11.3 Å². The lowest BCUT2D eigenvalue weighted by atomic mass is 10.2. The van der Waals surface area contributed by atoms with Crippen molar-refractivity contribution in [3.63, 3.8) is 0 Å². The Morgan fingerprint density at radius 3 is 2.45 bits per heavy atom. The number of nitrogens with two attached hydrogens (primary N) is 1. The van der Waals surface area contributed by atoms with Crippen LogP contribution in [0.2, 0.25) is 0 Å². The van der Waals surface area contributed by atoms with E-state index >= 15 is 0 Å². The number of likely N-dealkylation sites (N-methyl/N-ethyl adjacent to an activating group) is 1. The van der Waals surface area contributed by atoms with E-state index in [0.717, 1.165) is 29.3 Å². The molecule has 4 heterocycles. The van der Waals surface area contributed by atoms with E-state index in [9.17, 15) is 9.59 Å². The van der Waals surface area contributed by atoms with Crippen LogP contribution in [0.3, 0.4) is 0 Å². The van der Waals surface area contributed by atoms with Crippen LogP contribution in [-0.2, 0) is 0 Å². The van der Waals surface area contributed by atoms with Gasteiger partial charge in [-0.15, -0.1) is 0 Å². The number of nitrogens with zero attached hydrogens (tertiary/aromatic N) is 5. The van der Waals surface area contributed by atoms with E-state index in [1.54, 1.807) is 36.7 Å². The number of thiazole rings is 1. The van der Waals surface area contributed by atoms with Gasteiger partial charge in [0.2, 0.25) is 0 Å². The highest BCUT2D eigenvalue weighted by molar-refractivity contribution is 7.18. The summed E-state index contributed by atoms with van der Waals surface area (Å²) in [4.78, 5) is 40.2. The number of carbonyl (C=O) groups excluding carboxylic acids is 2. The van der Waals surface area contributed by atoms with Gasteiger partial charge in [-0.05, 0) is 55.6 Å². The number of nitrogens with one attached hydrogen (secondary N) is 2. The number of pyridine rings is 1. The summed E-state index contributed by atoms with van der Waals surface area (Å²) in [5.41, 5.74) is 10.4. The maximum Gasteiger partial charge on any atom is 0.270 e. The average molecular weight is 553 g/mol. The molecule has 1 fully saturated rings. The van der Waals surface area contributed by atoms with Gasteiger partial charge in [-0.3, -0.25) is 14.0 Å². The molecule has 0 unspecified atom stereocenters. The van der Waals surface area contributed by atoms with Crippen molar-refractivity contribution in [2.45, 2.75) is 0 Å². The zero-order chi connectivity index (χ0) is 27.6. The fourth-order valence-corrected chi connectivity index (χ4v) is 5.47. The smallest absolute Gasteiger partial charge is 0.270 e. The molecule has 0 bridgehead atoms. The Bertz CT molecular complexity index is 1690. The highest BCUT2D eigenvalue weighted by atomic mass is 32.1. The first-order valence-electron chi connectivity index (χ1n) is 12.9. The Hall–Kier alpha value is -4.74. The van der Waals surface area contributed by atoms with E-state index in [-0.39, 0.29) is 11.8 Å². The molecule has 5 aromatic rings. The SMILES string of the molecule is CN1CCN(C(=O)c2cccc3ncc(-c4cnc(Nc5ccc(C(=O)Nc6ccccc6N)cc5)s4)n23)CC1. The lowest BCUT2D eigenvalue weighted by Crippen LogP contribution is -2.47. The third-order valence-electron chi connectivity index (χ3n) is 6.90. The number of rotatable bonds is 6. The molecular weight excluding hydrogens is 524 g/mol. The van der Waals surface area contributed by atoms with Crippen molar-refractivity contribution in [1.29, 1.82) is 0 Å². The monoisotopic (exact) mass is 552 g/mol.